The first-order valence-electron chi connectivity index (χ1n) is 6.96. The van der Waals surface area contributed by atoms with E-state index >= 15 is 0 Å². The number of carboxylic acid groups (broad SMARTS) is 1. The molecule has 25 heavy (non-hydrogen) atoms. The molecule has 0 bridgehead atoms. The van der Waals surface area contributed by atoms with Gasteiger partial charge in [0.1, 0.15) is 6.54 Å². The second-order valence-electron chi connectivity index (χ2n) is 4.93. The Morgan fingerprint density at radius 1 is 1.28 bits per heavy atom. The number of benzene rings is 1. The molecule has 0 saturated carbocycles. The smallest absolute Gasteiger partial charge is 0.416 e. The minimum absolute atomic E-state index is 0.221. The number of nitrogens with zero attached hydrogens (tertiary/aromatic N) is 1. The SMILES string of the molecule is CCCN(CC(=O)O)S(=O)(=O)c1cc(C(F)(F)F)ccc1C(=O)OC. The summed E-state index contributed by atoms with van der Waals surface area (Å²) in [6.45, 7) is 0.371. The molecule has 0 heterocycles. The molecule has 1 aromatic rings. The maximum atomic E-state index is 12.9. The van der Waals surface area contributed by atoms with Crippen LogP contribution in [0.15, 0.2) is 23.1 Å². The van der Waals surface area contributed by atoms with Gasteiger partial charge in [0, 0.05) is 6.54 Å². The number of carboxylic acids is 1. The first-order chi connectivity index (χ1) is 11.4. The number of esters is 1. The van der Waals surface area contributed by atoms with Crippen LogP contribution in [0.4, 0.5) is 13.2 Å². The molecule has 0 aliphatic carbocycles. The van der Waals surface area contributed by atoms with Crippen LogP contribution >= 0.6 is 0 Å². The molecule has 0 aliphatic heterocycles. The second-order valence-corrected chi connectivity index (χ2v) is 6.84. The number of sulfonamides is 1. The van der Waals surface area contributed by atoms with Crippen LogP contribution in [-0.2, 0) is 25.7 Å². The topological polar surface area (TPSA) is 101 Å². The summed E-state index contributed by atoms with van der Waals surface area (Å²) < 4.78 is 69.0. The van der Waals surface area contributed by atoms with Crippen LogP contribution in [0.1, 0.15) is 29.3 Å². The van der Waals surface area contributed by atoms with Crippen LogP contribution in [-0.4, -0.2) is 50.0 Å². The lowest BCUT2D eigenvalue weighted by Crippen LogP contribution is -2.37. The number of carbonyl (C=O) groups is 2. The summed E-state index contributed by atoms with van der Waals surface area (Å²) in [7, 11) is -3.73. The number of alkyl halides is 3. The molecule has 1 rings (SSSR count). The molecule has 0 radical (unpaired) electrons. The number of methoxy groups -OCH3 is 1. The van der Waals surface area contributed by atoms with Crippen molar-refractivity contribution in [3.05, 3.63) is 29.3 Å². The maximum Gasteiger partial charge on any atom is 0.416 e. The van der Waals surface area contributed by atoms with E-state index in [0.29, 0.717) is 22.5 Å². The summed E-state index contributed by atoms with van der Waals surface area (Å²) in [4.78, 5) is 21.7. The zero-order valence-electron chi connectivity index (χ0n) is 13.3. The molecule has 140 valence electrons. The van der Waals surface area contributed by atoms with E-state index in [0.717, 1.165) is 7.11 Å². The summed E-state index contributed by atoms with van der Waals surface area (Å²) >= 11 is 0. The van der Waals surface area contributed by atoms with Crippen molar-refractivity contribution in [3.8, 4) is 0 Å². The molecule has 1 N–H and O–H groups in total. The predicted molar refractivity (Wildman–Crippen MR) is 79.5 cm³/mol. The molecular formula is C14H16F3NO6S. The molecule has 0 fully saturated rings. The van der Waals surface area contributed by atoms with Crippen molar-refractivity contribution >= 4 is 22.0 Å². The van der Waals surface area contributed by atoms with Gasteiger partial charge < -0.3 is 9.84 Å². The normalized spacial score (nSPS) is 12.2. The third-order valence-corrected chi connectivity index (χ3v) is 5.00. The van der Waals surface area contributed by atoms with Crippen molar-refractivity contribution in [1.82, 2.24) is 4.31 Å². The molecule has 11 heteroatoms. The Hall–Kier alpha value is -2.14. The number of hydrogen-bond donors (Lipinski definition) is 1. The standard InChI is InChI=1S/C14H16F3NO6S/c1-3-6-18(8-12(19)20)25(22,23)11-7-9(14(15,16)17)4-5-10(11)13(21)24-2/h4-5,7H,3,6,8H2,1-2H3,(H,19,20). The Balaban J connectivity index is 3.62. The molecule has 0 aliphatic rings. The van der Waals surface area contributed by atoms with Crippen molar-refractivity contribution in [3.63, 3.8) is 0 Å². The number of ether oxygens (including phenoxy) is 1. The van der Waals surface area contributed by atoms with Gasteiger partial charge in [0.2, 0.25) is 10.0 Å². The van der Waals surface area contributed by atoms with Gasteiger partial charge >= 0.3 is 18.1 Å². The van der Waals surface area contributed by atoms with Gasteiger partial charge in [-0.25, -0.2) is 13.2 Å². The number of halogens is 3. The highest BCUT2D eigenvalue weighted by molar-refractivity contribution is 7.89. The van der Waals surface area contributed by atoms with E-state index in [9.17, 15) is 31.2 Å². The Bertz CT molecular complexity index is 760. The van der Waals surface area contributed by atoms with Crippen LogP contribution in [0.3, 0.4) is 0 Å². The molecular weight excluding hydrogens is 367 g/mol. The maximum absolute atomic E-state index is 12.9. The van der Waals surface area contributed by atoms with Crippen molar-refractivity contribution in [1.29, 1.82) is 0 Å². The fourth-order valence-corrected chi connectivity index (χ4v) is 3.70. The molecule has 7 nitrogen and oxygen atoms in total. The Morgan fingerprint density at radius 3 is 2.32 bits per heavy atom. The van der Waals surface area contributed by atoms with E-state index in [-0.39, 0.29) is 13.0 Å². The summed E-state index contributed by atoms with van der Waals surface area (Å²) in [6, 6.07) is 1.53. The van der Waals surface area contributed by atoms with Crippen molar-refractivity contribution < 1.29 is 41.0 Å². The van der Waals surface area contributed by atoms with Gasteiger partial charge in [0.25, 0.3) is 0 Å². The minimum atomic E-state index is -4.85. The third-order valence-electron chi connectivity index (χ3n) is 3.12. The highest BCUT2D eigenvalue weighted by Crippen LogP contribution is 2.33. The van der Waals surface area contributed by atoms with Crippen LogP contribution in [0.2, 0.25) is 0 Å². The highest BCUT2D eigenvalue weighted by atomic mass is 32.2. The lowest BCUT2D eigenvalue weighted by molar-refractivity contribution is -0.138. The largest absolute Gasteiger partial charge is 0.480 e. The molecule has 0 atom stereocenters. The van der Waals surface area contributed by atoms with Gasteiger partial charge in [-0.3, -0.25) is 4.79 Å². The third kappa shape index (κ3) is 4.92. The zero-order chi connectivity index (χ0) is 19.4. The minimum Gasteiger partial charge on any atom is -0.480 e. The second kappa shape index (κ2) is 7.83. The molecule has 0 unspecified atom stereocenters. The van der Waals surface area contributed by atoms with Gasteiger partial charge in [-0.05, 0) is 24.6 Å². The number of carbonyl (C=O) groups excluding carboxylic acids is 1. The molecule has 0 spiro atoms. The lowest BCUT2D eigenvalue weighted by Gasteiger charge is -2.21. The van der Waals surface area contributed by atoms with Gasteiger partial charge in [-0.2, -0.15) is 17.5 Å². The van der Waals surface area contributed by atoms with Gasteiger partial charge in [0.15, 0.2) is 0 Å². The summed E-state index contributed by atoms with van der Waals surface area (Å²) in [5.41, 5.74) is -1.90. The van der Waals surface area contributed by atoms with E-state index < -0.39 is 50.7 Å². The van der Waals surface area contributed by atoms with Crippen molar-refractivity contribution in [2.45, 2.75) is 24.4 Å². The van der Waals surface area contributed by atoms with Crippen LogP contribution in [0.25, 0.3) is 0 Å². The van der Waals surface area contributed by atoms with Gasteiger partial charge in [-0.1, -0.05) is 6.92 Å². The molecule has 0 aromatic heterocycles. The summed E-state index contributed by atoms with van der Waals surface area (Å²) in [5, 5.41) is 8.85. The monoisotopic (exact) mass is 383 g/mol. The van der Waals surface area contributed by atoms with E-state index in [1.54, 1.807) is 6.92 Å². The van der Waals surface area contributed by atoms with Crippen LogP contribution in [0.5, 0.6) is 0 Å². The van der Waals surface area contributed by atoms with Crippen LogP contribution < -0.4 is 0 Å². The van der Waals surface area contributed by atoms with Gasteiger partial charge in [-0.15, -0.1) is 0 Å². The Morgan fingerprint density at radius 2 is 1.88 bits per heavy atom. The predicted octanol–water partition coefficient (Wildman–Crippen LogP) is 1.98. The molecule has 0 saturated heterocycles. The first kappa shape index (κ1) is 20.9. The highest BCUT2D eigenvalue weighted by Gasteiger charge is 2.36. The van der Waals surface area contributed by atoms with E-state index in [4.69, 9.17) is 5.11 Å². The summed E-state index contributed by atoms with van der Waals surface area (Å²) in [5.74, 6) is -2.64. The Labute approximate surface area is 142 Å². The number of hydrogen-bond acceptors (Lipinski definition) is 5. The lowest BCUT2D eigenvalue weighted by atomic mass is 10.1. The first-order valence-corrected chi connectivity index (χ1v) is 8.40. The van der Waals surface area contributed by atoms with Crippen LogP contribution in [0, 0.1) is 0 Å². The van der Waals surface area contributed by atoms with E-state index in [1.165, 1.54) is 0 Å². The molecule has 0 amide bonds. The average Bonchev–Trinajstić information content (AvgIpc) is 2.51. The van der Waals surface area contributed by atoms with Crippen molar-refractivity contribution in [2.24, 2.45) is 0 Å². The summed E-state index contributed by atoms with van der Waals surface area (Å²) in [6.07, 6.45) is -4.62. The van der Waals surface area contributed by atoms with E-state index in [1.807, 2.05) is 0 Å². The number of aliphatic carboxylic acids is 1. The molecule has 1 aromatic carbocycles. The van der Waals surface area contributed by atoms with Crippen molar-refractivity contribution in [2.75, 3.05) is 20.2 Å². The van der Waals surface area contributed by atoms with Gasteiger partial charge in [0.05, 0.1) is 23.1 Å². The fraction of sp³-hybridized carbons (Fsp3) is 0.429. The quantitative estimate of drug-likeness (QED) is 0.723. The van der Waals surface area contributed by atoms with E-state index in [2.05, 4.69) is 4.74 Å². The zero-order valence-corrected chi connectivity index (χ0v) is 14.1. The number of rotatable bonds is 7. The average molecular weight is 383 g/mol. The Kier molecular flexibility index (Phi) is 6.54. The fourth-order valence-electron chi connectivity index (χ4n) is 2.01.